The molecule has 0 amide bonds. The van der Waals surface area contributed by atoms with Crippen LogP contribution in [0.3, 0.4) is 0 Å². The zero-order chi connectivity index (χ0) is 17.8. The topological polar surface area (TPSA) is 18.5 Å². The number of fused-ring (bicyclic) bond motifs is 1. The van der Waals surface area contributed by atoms with Gasteiger partial charge in [0.1, 0.15) is 23.8 Å². The van der Waals surface area contributed by atoms with Gasteiger partial charge in [0.2, 0.25) is 0 Å². The fraction of sp³-hybridized carbons (Fsp3) is 0.400. The number of rotatable bonds is 4. The summed E-state index contributed by atoms with van der Waals surface area (Å²) in [7, 11) is 0. The van der Waals surface area contributed by atoms with Crippen LogP contribution in [0.5, 0.6) is 11.5 Å². The van der Waals surface area contributed by atoms with Crippen molar-refractivity contribution in [2.24, 2.45) is 0 Å². The van der Waals surface area contributed by atoms with Crippen LogP contribution in [0.4, 0.5) is 13.2 Å². The number of hydrogen-bond acceptors (Lipinski definition) is 2. The van der Waals surface area contributed by atoms with Gasteiger partial charge in [-0.15, -0.1) is 0 Å². The largest absolute Gasteiger partial charge is 0.487 e. The van der Waals surface area contributed by atoms with E-state index in [2.05, 4.69) is 0 Å². The van der Waals surface area contributed by atoms with Gasteiger partial charge in [-0.25, -0.2) is 13.2 Å². The molecule has 0 saturated heterocycles. The summed E-state index contributed by atoms with van der Waals surface area (Å²) in [5.41, 5.74) is 1.22. The molecule has 0 spiro atoms. The molecule has 1 heterocycles. The third kappa shape index (κ3) is 3.08. The van der Waals surface area contributed by atoms with Gasteiger partial charge in [0, 0.05) is 17.5 Å². The molecule has 2 aliphatic rings. The third-order valence-electron chi connectivity index (χ3n) is 4.71. The summed E-state index contributed by atoms with van der Waals surface area (Å²) in [5, 5.41) is 0. The molecule has 0 aromatic heterocycles. The lowest BCUT2D eigenvalue weighted by molar-refractivity contribution is 0.135. The fourth-order valence-corrected chi connectivity index (χ4v) is 3.32. The van der Waals surface area contributed by atoms with Crippen LogP contribution in [0, 0.1) is 17.5 Å². The van der Waals surface area contributed by atoms with Gasteiger partial charge >= 0.3 is 0 Å². The van der Waals surface area contributed by atoms with Crippen molar-refractivity contribution < 1.29 is 22.6 Å². The quantitative estimate of drug-likeness (QED) is 0.749. The summed E-state index contributed by atoms with van der Waals surface area (Å²) in [5.74, 6) is -1.48. The first-order valence-corrected chi connectivity index (χ1v) is 8.45. The first-order chi connectivity index (χ1) is 11.8. The first-order valence-electron chi connectivity index (χ1n) is 8.45. The van der Waals surface area contributed by atoms with Crippen molar-refractivity contribution in [1.29, 1.82) is 0 Å². The molecular weight excluding hydrogens is 329 g/mol. The first kappa shape index (κ1) is 16.3. The highest BCUT2D eigenvalue weighted by molar-refractivity contribution is 5.46. The number of halogens is 3. The lowest BCUT2D eigenvalue weighted by Gasteiger charge is -2.18. The lowest BCUT2D eigenvalue weighted by atomic mass is 10.00. The number of ether oxygens (including phenoxy) is 2. The van der Waals surface area contributed by atoms with E-state index < -0.39 is 23.0 Å². The molecule has 1 aliphatic carbocycles. The Hall–Kier alpha value is -2.17. The predicted molar refractivity (Wildman–Crippen MR) is 87.5 cm³/mol. The highest BCUT2D eigenvalue weighted by atomic mass is 19.1. The van der Waals surface area contributed by atoms with E-state index in [0.717, 1.165) is 12.8 Å². The number of benzene rings is 2. The minimum Gasteiger partial charge on any atom is -0.487 e. The summed E-state index contributed by atoms with van der Waals surface area (Å²) in [6.45, 7) is 3.65. The summed E-state index contributed by atoms with van der Waals surface area (Å²) < 4.78 is 53.6. The Kier molecular flexibility index (Phi) is 3.71. The Morgan fingerprint density at radius 2 is 1.76 bits per heavy atom. The van der Waals surface area contributed by atoms with E-state index in [0.29, 0.717) is 28.9 Å². The van der Waals surface area contributed by atoms with E-state index in [1.54, 1.807) is 0 Å². The van der Waals surface area contributed by atoms with Crippen molar-refractivity contribution >= 4 is 0 Å². The zero-order valence-electron chi connectivity index (χ0n) is 14.2. The van der Waals surface area contributed by atoms with Crippen molar-refractivity contribution in [3.8, 4) is 11.5 Å². The molecule has 1 fully saturated rings. The molecule has 0 bridgehead atoms. The Morgan fingerprint density at radius 1 is 1.08 bits per heavy atom. The maximum Gasteiger partial charge on any atom is 0.191 e. The van der Waals surface area contributed by atoms with Crippen LogP contribution in [0.2, 0.25) is 0 Å². The van der Waals surface area contributed by atoms with Crippen LogP contribution in [0.25, 0.3) is 0 Å². The van der Waals surface area contributed by atoms with Crippen molar-refractivity contribution in [1.82, 2.24) is 0 Å². The average Bonchev–Trinajstić information content (AvgIpc) is 3.31. The molecule has 2 aromatic rings. The second-order valence-corrected chi connectivity index (χ2v) is 7.43. The standard InChI is InChI=1S/C20H19F3O2/c1-20(2)9-14-15(21)6-5-12(18(14)25-20)10-24-19-16(22)7-13(8-17(19)23)11-3-4-11/h5-8,11H,3-4,9-10H2,1-2H3. The Bertz CT molecular complexity index is 818. The van der Waals surface area contributed by atoms with Crippen LogP contribution in [0.1, 0.15) is 49.3 Å². The molecule has 132 valence electrons. The predicted octanol–water partition coefficient (Wildman–Crippen LogP) is 5.27. The van der Waals surface area contributed by atoms with Crippen LogP contribution in [0.15, 0.2) is 24.3 Å². The second-order valence-electron chi connectivity index (χ2n) is 7.43. The number of hydrogen-bond donors (Lipinski definition) is 0. The normalized spacial score (nSPS) is 18.0. The molecule has 1 aliphatic heterocycles. The van der Waals surface area contributed by atoms with Crippen molar-refractivity contribution in [3.05, 3.63) is 58.4 Å². The third-order valence-corrected chi connectivity index (χ3v) is 4.71. The van der Waals surface area contributed by atoms with Gasteiger partial charge in [-0.2, -0.15) is 0 Å². The maximum atomic E-state index is 14.2. The molecule has 5 heteroatoms. The monoisotopic (exact) mass is 348 g/mol. The molecule has 1 saturated carbocycles. The summed E-state index contributed by atoms with van der Waals surface area (Å²) in [6.07, 6.45) is 2.38. The van der Waals surface area contributed by atoms with Gasteiger partial charge in [-0.3, -0.25) is 0 Å². The van der Waals surface area contributed by atoms with E-state index in [9.17, 15) is 13.2 Å². The summed E-state index contributed by atoms with van der Waals surface area (Å²) in [4.78, 5) is 0. The Balaban J connectivity index is 1.58. The molecular formula is C20H19F3O2. The highest BCUT2D eigenvalue weighted by Gasteiger charge is 2.34. The highest BCUT2D eigenvalue weighted by Crippen LogP contribution is 2.42. The molecule has 0 atom stereocenters. The fourth-order valence-electron chi connectivity index (χ4n) is 3.32. The Labute approximate surface area is 144 Å². The molecule has 0 N–H and O–H groups in total. The van der Waals surface area contributed by atoms with Crippen LogP contribution in [-0.2, 0) is 13.0 Å². The minimum absolute atomic E-state index is 0.0880. The minimum atomic E-state index is -0.707. The lowest BCUT2D eigenvalue weighted by Crippen LogP contribution is -2.25. The van der Waals surface area contributed by atoms with E-state index >= 15 is 0 Å². The van der Waals surface area contributed by atoms with Gasteiger partial charge in [-0.1, -0.05) is 0 Å². The Morgan fingerprint density at radius 3 is 2.40 bits per heavy atom. The van der Waals surface area contributed by atoms with Gasteiger partial charge in [0.05, 0.1) is 0 Å². The van der Waals surface area contributed by atoms with Crippen LogP contribution < -0.4 is 9.47 Å². The molecule has 2 nitrogen and oxygen atoms in total. The molecule has 2 aromatic carbocycles. The summed E-state index contributed by atoms with van der Waals surface area (Å²) in [6, 6.07) is 5.55. The van der Waals surface area contributed by atoms with E-state index in [1.807, 2.05) is 13.8 Å². The maximum absolute atomic E-state index is 14.2. The van der Waals surface area contributed by atoms with Crippen LogP contribution >= 0.6 is 0 Å². The average molecular weight is 348 g/mol. The SMILES string of the molecule is CC1(C)Cc2c(F)ccc(COc3c(F)cc(C4CC4)cc3F)c2O1. The van der Waals surface area contributed by atoms with E-state index in [4.69, 9.17) is 9.47 Å². The van der Waals surface area contributed by atoms with Gasteiger partial charge in [0.15, 0.2) is 17.4 Å². The molecule has 25 heavy (non-hydrogen) atoms. The van der Waals surface area contributed by atoms with Crippen LogP contribution in [-0.4, -0.2) is 5.60 Å². The smallest absolute Gasteiger partial charge is 0.191 e. The van der Waals surface area contributed by atoms with E-state index in [-0.39, 0.29) is 18.3 Å². The van der Waals surface area contributed by atoms with Gasteiger partial charge in [-0.05, 0) is 62.4 Å². The van der Waals surface area contributed by atoms with Crippen molar-refractivity contribution in [2.75, 3.05) is 0 Å². The van der Waals surface area contributed by atoms with Crippen molar-refractivity contribution in [3.63, 3.8) is 0 Å². The molecule has 4 rings (SSSR count). The molecule has 0 radical (unpaired) electrons. The van der Waals surface area contributed by atoms with Gasteiger partial charge < -0.3 is 9.47 Å². The molecule has 0 unspecified atom stereocenters. The zero-order valence-corrected chi connectivity index (χ0v) is 14.2. The second kappa shape index (κ2) is 5.68. The van der Waals surface area contributed by atoms with Gasteiger partial charge in [0.25, 0.3) is 0 Å². The van der Waals surface area contributed by atoms with E-state index in [1.165, 1.54) is 24.3 Å². The summed E-state index contributed by atoms with van der Waals surface area (Å²) >= 11 is 0. The van der Waals surface area contributed by atoms with Crippen molar-refractivity contribution in [2.45, 2.75) is 51.2 Å².